The molecule has 0 spiro atoms. The first-order chi connectivity index (χ1) is 19.7. The van der Waals surface area contributed by atoms with Crippen molar-refractivity contribution in [3.63, 3.8) is 0 Å². The molecule has 2 aliphatic heterocycles. The zero-order chi connectivity index (χ0) is 30.7. The van der Waals surface area contributed by atoms with Crippen LogP contribution in [-0.4, -0.2) is 78.8 Å². The van der Waals surface area contributed by atoms with Crippen molar-refractivity contribution in [1.82, 2.24) is 24.9 Å². The van der Waals surface area contributed by atoms with E-state index in [1.807, 2.05) is 42.0 Å². The van der Waals surface area contributed by atoms with Gasteiger partial charge in [0.15, 0.2) is 0 Å². The highest BCUT2D eigenvalue weighted by Gasteiger charge is 2.38. The molecule has 0 saturated carbocycles. The van der Waals surface area contributed by atoms with Crippen molar-refractivity contribution in [2.45, 2.75) is 37.2 Å². The number of carbonyl (C=O) groups excluding carboxylic acids is 2. The van der Waals surface area contributed by atoms with Crippen LogP contribution in [0.15, 0.2) is 42.5 Å². The van der Waals surface area contributed by atoms with Crippen LogP contribution in [0.2, 0.25) is 0 Å². The highest BCUT2D eigenvalue weighted by molar-refractivity contribution is 7.90. The number of amides is 3. The second-order valence-corrected chi connectivity index (χ2v) is 11.6. The number of morpholine rings is 1. The minimum Gasteiger partial charge on any atom is -0.475 e. The van der Waals surface area contributed by atoms with Gasteiger partial charge in [0.2, 0.25) is 15.9 Å². The van der Waals surface area contributed by atoms with E-state index in [0.717, 1.165) is 22.2 Å². The number of aromatic nitrogens is 2. The molecule has 2 fully saturated rings. The fourth-order valence-corrected chi connectivity index (χ4v) is 5.96. The summed E-state index contributed by atoms with van der Waals surface area (Å²) in [4.78, 5) is 43.3. The summed E-state index contributed by atoms with van der Waals surface area (Å²) in [6.07, 6.45) is -4.72. The number of rotatable bonds is 5. The average molecular weight is 612 g/mol. The summed E-state index contributed by atoms with van der Waals surface area (Å²) < 4.78 is 63.5. The van der Waals surface area contributed by atoms with Gasteiger partial charge in [0, 0.05) is 13.1 Å². The van der Waals surface area contributed by atoms with Crippen molar-refractivity contribution in [2.24, 2.45) is 0 Å². The molecule has 226 valence electrons. The molecule has 2 aromatic carbocycles. The molecular formula is C26H28F3N5O7S. The molecular weight excluding hydrogens is 583 g/mol. The Morgan fingerprint density at radius 3 is 2.36 bits per heavy atom. The van der Waals surface area contributed by atoms with Gasteiger partial charge in [-0.3, -0.25) is 9.52 Å². The van der Waals surface area contributed by atoms with Gasteiger partial charge in [-0.2, -0.15) is 13.2 Å². The molecule has 2 saturated heterocycles. The number of ether oxygens (including phenoxy) is 1. The largest absolute Gasteiger partial charge is 0.490 e. The van der Waals surface area contributed by atoms with Crippen molar-refractivity contribution < 1.29 is 45.8 Å². The first-order valence-corrected chi connectivity index (χ1v) is 14.3. The number of nitrogens with zero attached hydrogens (tertiary/aromatic N) is 2. The summed E-state index contributed by atoms with van der Waals surface area (Å²) in [5.74, 6) is -2.61. The topological polar surface area (TPSA) is 171 Å². The van der Waals surface area contributed by atoms with Crippen molar-refractivity contribution in [3.8, 4) is 0 Å². The van der Waals surface area contributed by atoms with Crippen LogP contribution in [0.25, 0.3) is 11.0 Å². The number of H-pyrrole nitrogens is 1. The minimum atomic E-state index is -5.08. The van der Waals surface area contributed by atoms with Crippen LogP contribution in [0.3, 0.4) is 0 Å². The first kappa shape index (κ1) is 30.8. The van der Waals surface area contributed by atoms with Gasteiger partial charge in [0.05, 0.1) is 36.7 Å². The number of sulfonamides is 1. The second kappa shape index (κ2) is 12.4. The highest BCUT2D eigenvalue weighted by atomic mass is 32.2. The lowest BCUT2D eigenvalue weighted by atomic mass is 10.0. The van der Waals surface area contributed by atoms with E-state index in [1.54, 1.807) is 17.0 Å². The molecule has 2 atom stereocenters. The molecule has 42 heavy (non-hydrogen) atoms. The summed E-state index contributed by atoms with van der Waals surface area (Å²) in [5.41, 5.74) is 4.26. The van der Waals surface area contributed by atoms with Crippen LogP contribution in [-0.2, 0) is 30.8 Å². The number of carboxylic acids is 1. The smallest absolute Gasteiger partial charge is 0.475 e. The Morgan fingerprint density at radius 1 is 1.17 bits per heavy atom. The number of aromatic amines is 1. The Morgan fingerprint density at radius 2 is 1.81 bits per heavy atom. The average Bonchev–Trinajstić information content (AvgIpc) is 3.49. The Bertz CT molecular complexity index is 1570. The maximum atomic E-state index is 13.0. The van der Waals surface area contributed by atoms with E-state index in [-0.39, 0.29) is 12.5 Å². The van der Waals surface area contributed by atoms with Crippen LogP contribution in [0.4, 0.5) is 18.0 Å². The SMILES string of the molecule is Cc1cccc2nc([C@H](Cc3ccc(C4CC(=O)NS4(=O)=O)cc3)NC(=O)N3CCOCC3)[nH]c12.O=C(O)C(F)(F)F. The lowest BCUT2D eigenvalue weighted by Crippen LogP contribution is -2.47. The number of carboxylic acid groups (broad SMARTS) is 1. The van der Waals surface area contributed by atoms with E-state index < -0.39 is 39.4 Å². The fourth-order valence-electron chi connectivity index (χ4n) is 4.53. The van der Waals surface area contributed by atoms with E-state index in [1.165, 1.54) is 0 Å². The molecule has 3 aromatic rings. The number of imidazole rings is 1. The lowest BCUT2D eigenvalue weighted by Gasteiger charge is -2.29. The van der Waals surface area contributed by atoms with E-state index in [0.29, 0.717) is 44.1 Å². The molecule has 0 aliphatic carbocycles. The maximum Gasteiger partial charge on any atom is 0.490 e. The number of hydrogen-bond donors (Lipinski definition) is 4. The van der Waals surface area contributed by atoms with Gasteiger partial charge in [0.1, 0.15) is 11.1 Å². The van der Waals surface area contributed by atoms with Gasteiger partial charge >= 0.3 is 18.2 Å². The number of alkyl halides is 3. The van der Waals surface area contributed by atoms with E-state index in [4.69, 9.17) is 19.6 Å². The predicted molar refractivity (Wildman–Crippen MR) is 143 cm³/mol. The number of aliphatic carboxylic acids is 1. The molecule has 3 amide bonds. The summed E-state index contributed by atoms with van der Waals surface area (Å²) in [6, 6.07) is 12.4. The standard InChI is InChI=1S/C24H27N5O5S.C2HF3O2/c1-15-3-2-4-18-22(15)27-23(25-18)19(26-24(31)29-9-11-34-12-10-29)13-16-5-7-17(8-6-16)20-14-21(30)28-35(20,32)33;3-2(4,5)1(6)7/h2-8,19-20H,9-14H2,1H3,(H,25,27)(H,26,31)(H,28,30);(H,6,7)/t19-,20?;/m0./s1. The number of urea groups is 1. The van der Waals surface area contributed by atoms with Crippen LogP contribution in [0.5, 0.6) is 0 Å². The number of fused-ring (bicyclic) bond motifs is 1. The molecule has 1 aromatic heterocycles. The van der Waals surface area contributed by atoms with Gasteiger partial charge in [-0.15, -0.1) is 0 Å². The summed E-state index contributed by atoms with van der Waals surface area (Å²) in [7, 11) is -3.70. The highest BCUT2D eigenvalue weighted by Crippen LogP contribution is 2.31. The van der Waals surface area contributed by atoms with Gasteiger partial charge < -0.3 is 25.0 Å². The van der Waals surface area contributed by atoms with Crippen molar-refractivity contribution >= 4 is 39.0 Å². The number of nitrogens with one attached hydrogen (secondary N) is 3. The van der Waals surface area contributed by atoms with Crippen LogP contribution in [0, 0.1) is 6.92 Å². The summed E-state index contributed by atoms with van der Waals surface area (Å²) >= 11 is 0. The van der Waals surface area contributed by atoms with E-state index in [2.05, 4.69) is 10.3 Å². The zero-order valence-electron chi connectivity index (χ0n) is 22.3. The van der Waals surface area contributed by atoms with Crippen molar-refractivity contribution in [2.75, 3.05) is 26.3 Å². The van der Waals surface area contributed by atoms with Gasteiger partial charge in [-0.25, -0.2) is 23.0 Å². The fraction of sp³-hybridized carbons (Fsp3) is 0.385. The molecule has 12 nitrogen and oxygen atoms in total. The molecule has 1 unspecified atom stereocenters. The second-order valence-electron chi connectivity index (χ2n) is 9.70. The molecule has 3 heterocycles. The Kier molecular flexibility index (Phi) is 9.06. The van der Waals surface area contributed by atoms with Crippen molar-refractivity contribution in [3.05, 3.63) is 65.0 Å². The first-order valence-electron chi connectivity index (χ1n) is 12.8. The third-order valence-corrected chi connectivity index (χ3v) is 8.41. The number of halogens is 3. The Balaban J connectivity index is 0.000000517. The summed E-state index contributed by atoms with van der Waals surface area (Å²) in [6.45, 7) is 4.06. The quantitative estimate of drug-likeness (QED) is 0.341. The van der Waals surface area contributed by atoms with E-state index >= 15 is 0 Å². The Hall–Kier alpha value is -4.18. The number of aryl methyl sites for hydroxylation is 1. The molecule has 5 rings (SSSR count). The monoisotopic (exact) mass is 611 g/mol. The van der Waals surface area contributed by atoms with Gasteiger partial charge in [-0.1, -0.05) is 36.4 Å². The number of para-hydroxylation sites is 1. The predicted octanol–water partition coefficient (Wildman–Crippen LogP) is 2.72. The molecule has 0 radical (unpaired) electrons. The number of benzene rings is 2. The van der Waals surface area contributed by atoms with E-state index in [9.17, 15) is 31.2 Å². The zero-order valence-corrected chi connectivity index (χ0v) is 23.1. The van der Waals surface area contributed by atoms with Gasteiger partial charge in [-0.05, 0) is 36.1 Å². The number of carbonyl (C=O) groups is 3. The third kappa shape index (κ3) is 7.36. The molecule has 4 N–H and O–H groups in total. The minimum absolute atomic E-state index is 0.0851. The number of hydrogen-bond acceptors (Lipinski definition) is 7. The van der Waals surface area contributed by atoms with Crippen LogP contribution in [0.1, 0.15) is 40.2 Å². The molecule has 2 aliphatic rings. The Labute approximate surface area is 238 Å². The summed E-state index contributed by atoms with van der Waals surface area (Å²) in [5, 5.41) is 9.34. The molecule has 0 bridgehead atoms. The normalized spacial score (nSPS) is 19.0. The van der Waals surface area contributed by atoms with Crippen molar-refractivity contribution in [1.29, 1.82) is 0 Å². The maximum absolute atomic E-state index is 13.0. The molecule has 16 heteroatoms. The van der Waals surface area contributed by atoms with Crippen LogP contribution >= 0.6 is 0 Å². The van der Waals surface area contributed by atoms with Crippen LogP contribution < -0.4 is 10.0 Å². The third-order valence-electron chi connectivity index (χ3n) is 6.71. The van der Waals surface area contributed by atoms with Gasteiger partial charge in [0.25, 0.3) is 0 Å². The lowest BCUT2D eigenvalue weighted by molar-refractivity contribution is -0.192.